The smallest absolute Gasteiger partial charge is 0.182 e. The first kappa shape index (κ1) is 38.2. The molecule has 8 aromatic rings. The Labute approximate surface area is 368 Å². The lowest BCUT2D eigenvalue weighted by Gasteiger charge is -2.52. The fourth-order valence-corrected chi connectivity index (χ4v) is 17.5. The number of nitrogens with zero attached hydrogens (tertiary/aromatic N) is 1. The normalized spacial score (nSPS) is 18.1. The summed E-state index contributed by atoms with van der Waals surface area (Å²) in [5, 5.41) is 5.99. The Morgan fingerprint density at radius 3 is 1.71 bits per heavy atom. The van der Waals surface area contributed by atoms with Crippen LogP contribution in [0.4, 0.5) is 11.4 Å². The summed E-state index contributed by atoms with van der Waals surface area (Å²) in [6.07, 6.45) is 11.4. The summed E-state index contributed by atoms with van der Waals surface area (Å²) in [5.74, 6) is 0.583. The van der Waals surface area contributed by atoms with E-state index in [0.717, 1.165) is 12.8 Å². The molecule has 0 N–H and O–H groups in total. The fourth-order valence-electron chi connectivity index (χ4n) is 11.7. The van der Waals surface area contributed by atoms with Gasteiger partial charge < -0.3 is 4.90 Å². The maximum Gasteiger partial charge on any atom is 0.182 e. The molecule has 1 nitrogen and oxygen atoms in total. The van der Waals surface area contributed by atoms with Gasteiger partial charge in [-0.25, -0.2) is 0 Å². The summed E-state index contributed by atoms with van der Waals surface area (Å²) in [6, 6.07) is 73.8. The van der Waals surface area contributed by atoms with Gasteiger partial charge in [0.2, 0.25) is 0 Å². The zero-order valence-corrected chi connectivity index (χ0v) is 36.8. The van der Waals surface area contributed by atoms with E-state index < -0.39 is 8.07 Å². The van der Waals surface area contributed by atoms with E-state index in [2.05, 4.69) is 244 Å². The molecule has 2 heteroatoms. The van der Waals surface area contributed by atoms with Crippen LogP contribution in [0.15, 0.2) is 218 Å². The highest BCUT2D eigenvalue weighted by Gasteiger charge is 2.55. The van der Waals surface area contributed by atoms with Gasteiger partial charge in [0.05, 0.1) is 11.2 Å². The van der Waals surface area contributed by atoms with Crippen molar-refractivity contribution in [1.82, 2.24) is 0 Å². The minimum absolute atomic E-state index is 0.237. The second kappa shape index (κ2) is 15.3. The lowest BCUT2D eigenvalue weighted by Crippen LogP contribution is -2.71. The van der Waals surface area contributed by atoms with Crippen LogP contribution in [-0.4, -0.2) is 13.6 Å². The zero-order chi connectivity index (χ0) is 41.8. The van der Waals surface area contributed by atoms with Crippen LogP contribution in [0.3, 0.4) is 0 Å². The molecule has 2 aliphatic heterocycles. The Balaban J connectivity index is 1.29. The Hall–Kier alpha value is -6.74. The van der Waals surface area contributed by atoms with Crippen LogP contribution in [0.2, 0.25) is 0 Å². The van der Waals surface area contributed by atoms with Crippen molar-refractivity contribution < 1.29 is 0 Å². The number of allylic oxidation sites excluding steroid dienone is 2. The van der Waals surface area contributed by atoms with Crippen molar-refractivity contribution in [2.75, 3.05) is 4.90 Å². The van der Waals surface area contributed by atoms with Gasteiger partial charge in [0.25, 0.3) is 0 Å². The van der Waals surface area contributed by atoms with Crippen LogP contribution in [0.25, 0.3) is 55.6 Å². The first-order chi connectivity index (χ1) is 30.6. The van der Waals surface area contributed by atoms with E-state index in [0.29, 0.717) is 5.92 Å². The van der Waals surface area contributed by atoms with Crippen LogP contribution >= 0.6 is 0 Å². The molecule has 0 bridgehead atoms. The van der Waals surface area contributed by atoms with Gasteiger partial charge in [0, 0.05) is 11.3 Å². The number of anilines is 2. The van der Waals surface area contributed by atoms with Crippen LogP contribution in [-0.2, 0) is 0 Å². The molecule has 8 aromatic carbocycles. The number of rotatable bonds is 8. The third-order valence-corrected chi connectivity index (χ3v) is 19.6. The van der Waals surface area contributed by atoms with E-state index in [-0.39, 0.29) is 11.5 Å². The first-order valence-electron chi connectivity index (χ1n) is 22.5. The van der Waals surface area contributed by atoms with Gasteiger partial charge in [-0.05, 0) is 107 Å². The number of benzene rings is 8. The predicted molar refractivity (Wildman–Crippen MR) is 267 cm³/mol. The van der Waals surface area contributed by atoms with Crippen molar-refractivity contribution in [2.24, 2.45) is 11.8 Å². The summed E-state index contributed by atoms with van der Waals surface area (Å²) in [4.78, 5) is 2.81. The fraction of sp³-hybridized carbons (Fsp3) is 0.133. The minimum Gasteiger partial charge on any atom is -0.334 e. The highest BCUT2D eigenvalue weighted by molar-refractivity contribution is 7.24. The van der Waals surface area contributed by atoms with Crippen LogP contribution in [0, 0.1) is 11.8 Å². The Morgan fingerprint density at radius 2 is 1.05 bits per heavy atom. The van der Waals surface area contributed by atoms with Gasteiger partial charge in [0.15, 0.2) is 8.07 Å². The molecule has 1 spiro atoms. The average Bonchev–Trinajstić information content (AvgIpc) is 3.72. The molecular formula is C60H51NSi. The number of fused-ring (bicyclic) bond motifs is 10. The molecule has 1 aliphatic carbocycles. The number of hydrogen-bond acceptors (Lipinski definition) is 1. The largest absolute Gasteiger partial charge is 0.334 e. The second-order valence-electron chi connectivity index (χ2n) is 17.5. The maximum absolute atomic E-state index is 2.84. The monoisotopic (exact) mass is 813 g/mol. The van der Waals surface area contributed by atoms with Crippen molar-refractivity contribution in [1.29, 1.82) is 0 Å². The lowest BCUT2D eigenvalue weighted by molar-refractivity contribution is 0.224. The Bertz CT molecular complexity index is 2970. The molecule has 0 amide bonds. The van der Waals surface area contributed by atoms with E-state index in [1.165, 1.54) is 87.8 Å². The van der Waals surface area contributed by atoms with Crippen LogP contribution in [0.1, 0.15) is 33.6 Å². The average molecular weight is 814 g/mol. The van der Waals surface area contributed by atoms with Gasteiger partial charge in [-0.1, -0.05) is 227 Å². The highest BCUT2D eigenvalue weighted by Crippen LogP contribution is 2.52. The number of hydrogen-bond donors (Lipinski definition) is 0. The molecule has 2 heterocycles. The summed E-state index contributed by atoms with van der Waals surface area (Å²) < 4.78 is 0. The maximum atomic E-state index is 2.81. The molecule has 0 saturated carbocycles. The molecule has 62 heavy (non-hydrogen) atoms. The SMILES string of the molecule is CCC(C)[C@]1(N(c2cccc(-c3ccccc3)c2)c2cccc(-c3ccccc3)c2-c2cccc3c2[Si]2(c4ccccc4-c4ccccc42)c2ccccc2-3)CC=CC=CC1C. The summed E-state index contributed by atoms with van der Waals surface area (Å²) in [6.45, 7) is 7.32. The first-order valence-corrected chi connectivity index (χ1v) is 24.5. The molecule has 2 unspecified atom stereocenters. The summed E-state index contributed by atoms with van der Waals surface area (Å²) in [7, 11) is -2.84. The van der Waals surface area contributed by atoms with E-state index in [1.54, 1.807) is 0 Å². The summed E-state index contributed by atoms with van der Waals surface area (Å²) in [5.41, 5.74) is 15.2. The van der Waals surface area contributed by atoms with Gasteiger partial charge in [-0.2, -0.15) is 0 Å². The van der Waals surface area contributed by atoms with Crippen molar-refractivity contribution >= 4 is 40.2 Å². The molecular weight excluding hydrogens is 763 g/mol. The molecule has 0 aromatic heterocycles. The minimum atomic E-state index is -2.84. The molecule has 3 aliphatic rings. The molecule has 0 saturated heterocycles. The second-order valence-corrected chi connectivity index (χ2v) is 21.2. The van der Waals surface area contributed by atoms with E-state index >= 15 is 0 Å². The Morgan fingerprint density at radius 1 is 0.532 bits per heavy atom. The lowest BCUT2D eigenvalue weighted by atomic mass is 9.70. The van der Waals surface area contributed by atoms with Gasteiger partial charge in [0.1, 0.15) is 0 Å². The third kappa shape index (κ3) is 5.59. The topological polar surface area (TPSA) is 3.24 Å². The van der Waals surface area contributed by atoms with Crippen molar-refractivity contribution in [3.8, 4) is 55.6 Å². The van der Waals surface area contributed by atoms with E-state index in [1.807, 2.05) is 0 Å². The van der Waals surface area contributed by atoms with Gasteiger partial charge in [-0.3, -0.25) is 0 Å². The van der Waals surface area contributed by atoms with Gasteiger partial charge in [-0.15, -0.1) is 0 Å². The molecule has 0 radical (unpaired) electrons. The van der Waals surface area contributed by atoms with Gasteiger partial charge >= 0.3 is 0 Å². The molecule has 3 atom stereocenters. The van der Waals surface area contributed by atoms with Crippen LogP contribution in [0.5, 0.6) is 0 Å². The molecule has 11 rings (SSSR count). The zero-order valence-electron chi connectivity index (χ0n) is 35.8. The quantitative estimate of drug-likeness (QED) is 0.138. The van der Waals surface area contributed by atoms with Crippen molar-refractivity contribution in [3.63, 3.8) is 0 Å². The van der Waals surface area contributed by atoms with E-state index in [9.17, 15) is 0 Å². The highest BCUT2D eigenvalue weighted by atomic mass is 28.3. The van der Waals surface area contributed by atoms with Crippen LogP contribution < -0.4 is 25.6 Å². The van der Waals surface area contributed by atoms with Crippen molar-refractivity contribution in [3.05, 3.63) is 218 Å². The molecule has 0 fully saturated rings. The Kier molecular flexibility index (Phi) is 9.43. The van der Waals surface area contributed by atoms with E-state index in [4.69, 9.17) is 0 Å². The van der Waals surface area contributed by atoms with Crippen molar-refractivity contribution in [2.45, 2.75) is 39.2 Å². The molecule has 300 valence electrons. The summed E-state index contributed by atoms with van der Waals surface area (Å²) >= 11 is 0. The third-order valence-electron chi connectivity index (χ3n) is 14.6. The standard InChI is InChI=1S/C60H51NSi/c1-4-42(2)60(40-19-7-8-23-43(60)3)61(47-29-20-28-46(41-47)44-24-9-5-10-25-44)54-36-22-33-48(45-26-11-6-12-27-45)58(54)53-35-21-34-52-51-32-15-18-39-57(51)62(59(52)53)55-37-16-13-30-49(55)50-31-14-17-38-56(50)62/h5-39,41-43H,4,40H2,1-3H3/t42?,43?,60-/m1/s1. The predicted octanol–water partition coefficient (Wildman–Crippen LogP) is 13.1.